The lowest BCUT2D eigenvalue weighted by Crippen LogP contribution is -2.56. The first-order chi connectivity index (χ1) is 7.23. The first kappa shape index (κ1) is 11.4. The van der Waals surface area contributed by atoms with Gasteiger partial charge in [-0.3, -0.25) is 0 Å². The predicted molar refractivity (Wildman–Crippen MR) is 63.0 cm³/mol. The fourth-order valence-corrected chi connectivity index (χ4v) is 2.87. The number of rotatable bonds is 5. The lowest BCUT2D eigenvalue weighted by Gasteiger charge is -2.46. The molecule has 2 fully saturated rings. The largest absolute Gasteiger partial charge is 0.378 e. The van der Waals surface area contributed by atoms with Gasteiger partial charge in [-0.1, -0.05) is 20.3 Å². The Hall–Kier alpha value is -0.0800. The topological polar surface area (TPSA) is 21.3 Å². The molecular formula is C13H25NO. The summed E-state index contributed by atoms with van der Waals surface area (Å²) in [5, 5.41) is 3.43. The highest BCUT2D eigenvalue weighted by atomic mass is 16.5. The van der Waals surface area contributed by atoms with Crippen LogP contribution in [0.4, 0.5) is 0 Å². The van der Waals surface area contributed by atoms with E-state index in [4.69, 9.17) is 4.74 Å². The SMILES string of the molecule is CC(C)C1(CCCC2CCCO2)CNC1. The summed E-state index contributed by atoms with van der Waals surface area (Å²) in [7, 11) is 0. The maximum atomic E-state index is 5.66. The zero-order valence-electron chi connectivity index (χ0n) is 10.2. The van der Waals surface area contributed by atoms with Crippen LogP contribution in [0.15, 0.2) is 0 Å². The summed E-state index contributed by atoms with van der Waals surface area (Å²) >= 11 is 0. The van der Waals surface area contributed by atoms with Crippen molar-refractivity contribution in [3.8, 4) is 0 Å². The molecule has 0 aromatic rings. The molecule has 2 nitrogen and oxygen atoms in total. The highest BCUT2D eigenvalue weighted by Crippen LogP contribution is 2.37. The van der Waals surface area contributed by atoms with Crippen molar-refractivity contribution in [1.82, 2.24) is 5.32 Å². The second kappa shape index (κ2) is 4.84. The highest BCUT2D eigenvalue weighted by Gasteiger charge is 2.39. The lowest BCUT2D eigenvalue weighted by atomic mass is 9.69. The summed E-state index contributed by atoms with van der Waals surface area (Å²) in [6, 6.07) is 0. The molecule has 0 bridgehead atoms. The number of nitrogens with one attached hydrogen (secondary N) is 1. The molecule has 2 heterocycles. The van der Waals surface area contributed by atoms with E-state index in [1.807, 2.05) is 0 Å². The third-order valence-corrected chi connectivity index (χ3v) is 4.40. The van der Waals surface area contributed by atoms with E-state index >= 15 is 0 Å². The fourth-order valence-electron chi connectivity index (χ4n) is 2.87. The Morgan fingerprint density at radius 1 is 1.40 bits per heavy atom. The van der Waals surface area contributed by atoms with Crippen LogP contribution in [0.5, 0.6) is 0 Å². The molecule has 0 spiro atoms. The van der Waals surface area contributed by atoms with Crippen LogP contribution in [0, 0.1) is 11.3 Å². The van der Waals surface area contributed by atoms with Crippen molar-refractivity contribution in [2.75, 3.05) is 19.7 Å². The van der Waals surface area contributed by atoms with Gasteiger partial charge in [0, 0.05) is 19.7 Å². The van der Waals surface area contributed by atoms with Crippen molar-refractivity contribution in [1.29, 1.82) is 0 Å². The number of hydrogen-bond donors (Lipinski definition) is 1. The summed E-state index contributed by atoms with van der Waals surface area (Å²) in [6.07, 6.45) is 7.19. The van der Waals surface area contributed by atoms with Gasteiger partial charge in [-0.25, -0.2) is 0 Å². The van der Waals surface area contributed by atoms with Crippen molar-refractivity contribution in [3.63, 3.8) is 0 Å². The standard InChI is InChI=1S/C13H25NO/c1-11(2)13(9-14-10-13)7-3-5-12-6-4-8-15-12/h11-12,14H,3-10H2,1-2H3. The van der Waals surface area contributed by atoms with E-state index < -0.39 is 0 Å². The monoisotopic (exact) mass is 211 g/mol. The fraction of sp³-hybridized carbons (Fsp3) is 1.00. The van der Waals surface area contributed by atoms with Gasteiger partial charge in [0.25, 0.3) is 0 Å². The third kappa shape index (κ3) is 2.54. The van der Waals surface area contributed by atoms with E-state index in [2.05, 4.69) is 19.2 Å². The second-order valence-electron chi connectivity index (χ2n) is 5.65. The number of ether oxygens (including phenoxy) is 1. The van der Waals surface area contributed by atoms with Crippen LogP contribution in [-0.2, 0) is 4.74 Å². The van der Waals surface area contributed by atoms with Gasteiger partial charge in [0.05, 0.1) is 6.10 Å². The molecule has 2 aliphatic heterocycles. The zero-order valence-corrected chi connectivity index (χ0v) is 10.2. The normalized spacial score (nSPS) is 29.4. The molecule has 1 N–H and O–H groups in total. The molecule has 0 aliphatic carbocycles. The first-order valence-electron chi connectivity index (χ1n) is 6.55. The Morgan fingerprint density at radius 2 is 2.20 bits per heavy atom. The summed E-state index contributed by atoms with van der Waals surface area (Å²) in [4.78, 5) is 0. The smallest absolute Gasteiger partial charge is 0.0576 e. The molecule has 1 atom stereocenters. The van der Waals surface area contributed by atoms with Crippen LogP contribution in [0.1, 0.15) is 46.0 Å². The van der Waals surface area contributed by atoms with Gasteiger partial charge < -0.3 is 10.1 Å². The maximum Gasteiger partial charge on any atom is 0.0576 e. The van der Waals surface area contributed by atoms with Crippen LogP contribution in [0.3, 0.4) is 0 Å². The summed E-state index contributed by atoms with van der Waals surface area (Å²) in [5.74, 6) is 0.822. The van der Waals surface area contributed by atoms with Gasteiger partial charge in [0.2, 0.25) is 0 Å². The molecule has 1 unspecified atom stereocenters. The van der Waals surface area contributed by atoms with Gasteiger partial charge in [-0.2, -0.15) is 0 Å². The molecule has 2 saturated heterocycles. The second-order valence-corrected chi connectivity index (χ2v) is 5.65. The van der Waals surface area contributed by atoms with Gasteiger partial charge in [0.15, 0.2) is 0 Å². The Kier molecular flexibility index (Phi) is 3.68. The van der Waals surface area contributed by atoms with Crippen molar-refractivity contribution in [2.45, 2.75) is 52.1 Å². The summed E-state index contributed by atoms with van der Waals surface area (Å²) < 4.78 is 5.66. The molecule has 2 rings (SSSR count). The minimum absolute atomic E-state index is 0.585. The van der Waals surface area contributed by atoms with E-state index in [9.17, 15) is 0 Å². The average Bonchev–Trinajstić information content (AvgIpc) is 2.61. The van der Waals surface area contributed by atoms with E-state index in [-0.39, 0.29) is 0 Å². The quantitative estimate of drug-likeness (QED) is 0.754. The average molecular weight is 211 g/mol. The van der Waals surface area contributed by atoms with E-state index in [0.29, 0.717) is 11.5 Å². The molecule has 0 aromatic heterocycles. The van der Waals surface area contributed by atoms with Crippen molar-refractivity contribution >= 4 is 0 Å². The molecular weight excluding hydrogens is 186 g/mol. The Balaban J connectivity index is 1.67. The zero-order chi connectivity index (χ0) is 10.7. The van der Waals surface area contributed by atoms with Crippen LogP contribution < -0.4 is 5.32 Å². The molecule has 2 aliphatic rings. The Bertz CT molecular complexity index is 193. The minimum Gasteiger partial charge on any atom is -0.378 e. The van der Waals surface area contributed by atoms with Gasteiger partial charge in [0.1, 0.15) is 0 Å². The maximum absolute atomic E-state index is 5.66. The van der Waals surface area contributed by atoms with Gasteiger partial charge in [-0.05, 0) is 37.0 Å². The molecule has 0 aromatic carbocycles. The van der Waals surface area contributed by atoms with E-state index in [0.717, 1.165) is 12.5 Å². The molecule has 88 valence electrons. The molecule has 0 radical (unpaired) electrons. The number of hydrogen-bond acceptors (Lipinski definition) is 2. The van der Waals surface area contributed by atoms with Crippen molar-refractivity contribution < 1.29 is 4.74 Å². The van der Waals surface area contributed by atoms with Crippen molar-refractivity contribution in [2.24, 2.45) is 11.3 Å². The Labute approximate surface area is 93.8 Å². The first-order valence-corrected chi connectivity index (χ1v) is 6.55. The van der Waals surface area contributed by atoms with E-state index in [1.54, 1.807) is 0 Å². The summed E-state index contributed by atoms with van der Waals surface area (Å²) in [5.41, 5.74) is 0.610. The van der Waals surface area contributed by atoms with E-state index in [1.165, 1.54) is 45.2 Å². The molecule has 0 amide bonds. The van der Waals surface area contributed by atoms with Crippen LogP contribution in [0.25, 0.3) is 0 Å². The molecule has 2 heteroatoms. The minimum atomic E-state index is 0.585. The van der Waals surface area contributed by atoms with Crippen molar-refractivity contribution in [3.05, 3.63) is 0 Å². The van der Waals surface area contributed by atoms with Gasteiger partial charge in [-0.15, -0.1) is 0 Å². The summed E-state index contributed by atoms with van der Waals surface area (Å²) in [6.45, 7) is 8.20. The van der Waals surface area contributed by atoms with Gasteiger partial charge >= 0.3 is 0 Å². The van der Waals surface area contributed by atoms with Crippen LogP contribution in [-0.4, -0.2) is 25.8 Å². The van der Waals surface area contributed by atoms with Crippen LogP contribution >= 0.6 is 0 Å². The molecule has 0 saturated carbocycles. The van der Waals surface area contributed by atoms with Crippen LogP contribution in [0.2, 0.25) is 0 Å². The lowest BCUT2D eigenvalue weighted by molar-refractivity contribution is 0.0657. The molecule has 15 heavy (non-hydrogen) atoms. The predicted octanol–water partition coefficient (Wildman–Crippen LogP) is 2.58. The third-order valence-electron chi connectivity index (χ3n) is 4.40. The highest BCUT2D eigenvalue weighted by molar-refractivity contribution is 4.94. The Morgan fingerprint density at radius 3 is 2.67 bits per heavy atom.